The van der Waals surface area contributed by atoms with E-state index in [1.807, 2.05) is 22.4 Å². The van der Waals surface area contributed by atoms with Crippen LogP contribution in [0.2, 0.25) is 0 Å². The van der Waals surface area contributed by atoms with Crippen molar-refractivity contribution in [2.75, 3.05) is 26.2 Å². The van der Waals surface area contributed by atoms with Gasteiger partial charge in [-0.15, -0.1) is 11.3 Å². The lowest BCUT2D eigenvalue weighted by molar-refractivity contribution is 0.0564. The Morgan fingerprint density at radius 3 is 2.70 bits per heavy atom. The van der Waals surface area contributed by atoms with Crippen LogP contribution in [0.1, 0.15) is 36.2 Å². The van der Waals surface area contributed by atoms with Crippen molar-refractivity contribution in [3.05, 3.63) is 29.3 Å². The largest absolute Gasteiger partial charge is 0.355 e. The minimum absolute atomic E-state index is 0.0115. The van der Waals surface area contributed by atoms with Gasteiger partial charge in [0.1, 0.15) is 0 Å². The average molecular weight is 331 g/mol. The van der Waals surface area contributed by atoms with E-state index in [9.17, 15) is 4.79 Å². The summed E-state index contributed by atoms with van der Waals surface area (Å²) in [6.07, 6.45) is 5.35. The van der Waals surface area contributed by atoms with Gasteiger partial charge in [-0.25, -0.2) is 0 Å². The van der Waals surface area contributed by atoms with Crippen LogP contribution in [0.15, 0.2) is 28.1 Å². The zero-order valence-electron chi connectivity index (χ0n) is 13.1. The highest BCUT2D eigenvalue weighted by Crippen LogP contribution is 2.27. The van der Waals surface area contributed by atoms with Crippen molar-refractivity contribution >= 4 is 17.2 Å². The maximum atomic E-state index is 12.6. The van der Waals surface area contributed by atoms with Gasteiger partial charge in [0.15, 0.2) is 11.5 Å². The Balaban J connectivity index is 1.38. The Kier molecular flexibility index (Phi) is 4.18. The van der Waals surface area contributed by atoms with E-state index in [0.29, 0.717) is 11.5 Å². The number of hydrogen-bond donors (Lipinski definition) is 0. The predicted octanol–water partition coefficient (Wildman–Crippen LogP) is 3.10. The van der Waals surface area contributed by atoms with Crippen molar-refractivity contribution in [2.24, 2.45) is 0 Å². The second-order valence-electron chi connectivity index (χ2n) is 6.32. The van der Waals surface area contributed by atoms with Crippen LogP contribution in [0, 0.1) is 0 Å². The van der Waals surface area contributed by atoms with Gasteiger partial charge in [-0.1, -0.05) is 24.1 Å². The van der Waals surface area contributed by atoms with Crippen LogP contribution in [-0.4, -0.2) is 53.1 Å². The van der Waals surface area contributed by atoms with Crippen molar-refractivity contribution in [1.82, 2.24) is 15.0 Å². The third kappa shape index (κ3) is 3.05. The SMILES string of the molecule is O=C(c1cc(-c2cccs2)on1)N1CCN(C2CCCC2)CC1. The highest BCUT2D eigenvalue weighted by molar-refractivity contribution is 7.13. The first-order chi connectivity index (χ1) is 11.3. The number of amides is 1. The van der Waals surface area contributed by atoms with Gasteiger partial charge in [-0.05, 0) is 24.3 Å². The molecule has 6 heteroatoms. The minimum atomic E-state index is -0.0115. The van der Waals surface area contributed by atoms with E-state index in [-0.39, 0.29) is 5.91 Å². The molecule has 122 valence electrons. The Morgan fingerprint density at radius 1 is 1.22 bits per heavy atom. The lowest BCUT2D eigenvalue weighted by atomic mass is 10.1. The van der Waals surface area contributed by atoms with Gasteiger partial charge in [0.25, 0.3) is 5.91 Å². The second-order valence-corrected chi connectivity index (χ2v) is 7.27. The predicted molar refractivity (Wildman–Crippen MR) is 89.5 cm³/mol. The summed E-state index contributed by atoms with van der Waals surface area (Å²) in [5, 5.41) is 5.96. The molecule has 0 aromatic carbocycles. The van der Waals surface area contributed by atoms with Crippen LogP contribution in [-0.2, 0) is 0 Å². The number of hydrogen-bond acceptors (Lipinski definition) is 5. The lowest BCUT2D eigenvalue weighted by Crippen LogP contribution is -2.51. The number of piperazine rings is 1. The number of thiophene rings is 1. The molecule has 1 aliphatic carbocycles. The summed E-state index contributed by atoms with van der Waals surface area (Å²) in [6, 6.07) is 6.44. The molecule has 1 saturated heterocycles. The molecule has 1 saturated carbocycles. The van der Waals surface area contributed by atoms with Gasteiger partial charge >= 0.3 is 0 Å². The van der Waals surface area contributed by atoms with E-state index in [2.05, 4.69) is 10.1 Å². The van der Waals surface area contributed by atoms with E-state index in [1.54, 1.807) is 17.4 Å². The van der Waals surface area contributed by atoms with Gasteiger partial charge < -0.3 is 9.42 Å². The molecule has 2 aromatic rings. The van der Waals surface area contributed by atoms with Gasteiger partial charge in [-0.2, -0.15) is 0 Å². The van der Waals surface area contributed by atoms with Crippen molar-refractivity contribution in [3.8, 4) is 10.6 Å². The molecule has 3 heterocycles. The molecule has 0 N–H and O–H groups in total. The summed E-state index contributed by atoms with van der Waals surface area (Å²) >= 11 is 1.59. The van der Waals surface area contributed by atoms with Crippen LogP contribution in [0.4, 0.5) is 0 Å². The molecule has 0 unspecified atom stereocenters. The molecule has 2 aliphatic rings. The van der Waals surface area contributed by atoms with E-state index in [4.69, 9.17) is 4.52 Å². The Morgan fingerprint density at radius 2 is 2.00 bits per heavy atom. The zero-order chi connectivity index (χ0) is 15.6. The highest BCUT2D eigenvalue weighted by atomic mass is 32.1. The summed E-state index contributed by atoms with van der Waals surface area (Å²) in [7, 11) is 0. The lowest BCUT2D eigenvalue weighted by Gasteiger charge is -2.37. The van der Waals surface area contributed by atoms with Crippen LogP contribution in [0.25, 0.3) is 10.6 Å². The first kappa shape index (κ1) is 14.9. The topological polar surface area (TPSA) is 49.6 Å². The zero-order valence-corrected chi connectivity index (χ0v) is 13.9. The highest BCUT2D eigenvalue weighted by Gasteiger charge is 2.29. The summed E-state index contributed by atoms with van der Waals surface area (Å²) in [6.45, 7) is 3.53. The van der Waals surface area contributed by atoms with Crippen LogP contribution in [0.5, 0.6) is 0 Å². The molecular formula is C17H21N3O2S. The molecule has 23 heavy (non-hydrogen) atoms. The molecular weight excluding hydrogens is 310 g/mol. The van der Waals surface area contributed by atoms with Crippen molar-refractivity contribution in [1.29, 1.82) is 0 Å². The fourth-order valence-electron chi connectivity index (χ4n) is 3.63. The standard InChI is InChI=1S/C17H21N3O2S/c21-17(14-12-15(22-18-14)16-6-3-11-23-16)20-9-7-19(8-10-20)13-4-1-2-5-13/h3,6,11-13H,1-2,4-5,7-10H2. The second kappa shape index (κ2) is 6.45. The molecule has 1 amide bonds. The molecule has 5 nitrogen and oxygen atoms in total. The number of carbonyl (C=O) groups is 1. The number of rotatable bonds is 3. The van der Waals surface area contributed by atoms with E-state index in [1.165, 1.54) is 25.7 Å². The smallest absolute Gasteiger partial charge is 0.276 e. The quantitative estimate of drug-likeness (QED) is 0.867. The Bertz CT molecular complexity index is 653. The van der Waals surface area contributed by atoms with Crippen LogP contribution in [0.3, 0.4) is 0 Å². The van der Waals surface area contributed by atoms with E-state index in [0.717, 1.165) is 37.1 Å². The molecule has 2 aromatic heterocycles. The fourth-order valence-corrected chi connectivity index (χ4v) is 4.31. The molecule has 0 radical (unpaired) electrons. The summed E-state index contributed by atoms with van der Waals surface area (Å²) in [5.41, 5.74) is 0.419. The van der Waals surface area contributed by atoms with E-state index < -0.39 is 0 Å². The minimum Gasteiger partial charge on any atom is -0.355 e. The van der Waals surface area contributed by atoms with Crippen molar-refractivity contribution in [2.45, 2.75) is 31.7 Å². The number of aromatic nitrogens is 1. The fraction of sp³-hybridized carbons (Fsp3) is 0.529. The molecule has 2 fully saturated rings. The molecule has 0 bridgehead atoms. The summed E-state index contributed by atoms with van der Waals surface area (Å²) in [5.74, 6) is 0.663. The van der Waals surface area contributed by atoms with Crippen molar-refractivity contribution in [3.63, 3.8) is 0 Å². The molecule has 1 aliphatic heterocycles. The monoisotopic (exact) mass is 331 g/mol. The van der Waals surface area contributed by atoms with Crippen LogP contribution >= 0.6 is 11.3 Å². The van der Waals surface area contributed by atoms with E-state index >= 15 is 0 Å². The number of nitrogens with zero attached hydrogens (tertiary/aromatic N) is 3. The summed E-state index contributed by atoms with van der Waals surface area (Å²) < 4.78 is 5.33. The van der Waals surface area contributed by atoms with Crippen molar-refractivity contribution < 1.29 is 9.32 Å². The Hall–Kier alpha value is -1.66. The maximum absolute atomic E-state index is 12.6. The third-order valence-corrected chi connectivity index (χ3v) is 5.82. The van der Waals surface area contributed by atoms with Gasteiger partial charge in [0.2, 0.25) is 0 Å². The van der Waals surface area contributed by atoms with Gasteiger partial charge in [-0.3, -0.25) is 9.69 Å². The number of carbonyl (C=O) groups excluding carboxylic acids is 1. The van der Waals surface area contributed by atoms with Gasteiger partial charge in [0.05, 0.1) is 4.88 Å². The molecule has 4 rings (SSSR count). The summed E-state index contributed by atoms with van der Waals surface area (Å²) in [4.78, 5) is 18.1. The molecule has 0 atom stereocenters. The third-order valence-electron chi connectivity index (χ3n) is 4.94. The average Bonchev–Trinajstić information content (AvgIpc) is 3.36. The van der Waals surface area contributed by atoms with Crippen LogP contribution < -0.4 is 0 Å². The van der Waals surface area contributed by atoms with Gasteiger partial charge in [0, 0.05) is 38.3 Å². The maximum Gasteiger partial charge on any atom is 0.276 e. The molecule has 0 spiro atoms. The Labute approximate surface area is 139 Å². The first-order valence-corrected chi connectivity index (χ1v) is 9.23. The normalized spacial score (nSPS) is 20.3. The first-order valence-electron chi connectivity index (χ1n) is 8.35.